The molecule has 3 rings (SSSR count). The number of rotatable bonds is 6. The zero-order valence-corrected chi connectivity index (χ0v) is 15.1. The number of alkyl halides is 3. The van der Waals surface area contributed by atoms with Crippen LogP contribution >= 0.6 is 0 Å². The van der Waals surface area contributed by atoms with E-state index in [4.69, 9.17) is 4.42 Å². The third-order valence-corrected chi connectivity index (χ3v) is 3.73. The largest absolute Gasteiger partial charge is 0.482 e. The summed E-state index contributed by atoms with van der Waals surface area (Å²) in [5, 5.41) is 4.88. The number of hydrogen-bond acceptors (Lipinski definition) is 4. The van der Waals surface area contributed by atoms with Crippen LogP contribution in [0.1, 0.15) is 20.9 Å². The number of anilines is 2. The number of benzene rings is 2. The maximum absolute atomic E-state index is 13.5. The normalized spacial score (nSPS) is 11.1. The van der Waals surface area contributed by atoms with Crippen LogP contribution < -0.4 is 15.4 Å². The van der Waals surface area contributed by atoms with Gasteiger partial charge < -0.3 is 19.8 Å². The monoisotopic (exact) mass is 422 g/mol. The first kappa shape index (κ1) is 20.9. The molecule has 0 radical (unpaired) electrons. The molecule has 0 spiro atoms. The molecule has 0 bridgehead atoms. The molecule has 0 saturated carbocycles. The van der Waals surface area contributed by atoms with E-state index in [9.17, 15) is 27.2 Å². The molecular weight excluding hydrogens is 408 g/mol. The Morgan fingerprint density at radius 3 is 2.33 bits per heavy atom. The fourth-order valence-electron chi connectivity index (χ4n) is 2.39. The summed E-state index contributed by atoms with van der Waals surface area (Å²) in [6.07, 6.45) is -3.24. The van der Waals surface area contributed by atoms with Crippen molar-refractivity contribution in [2.75, 3.05) is 17.2 Å². The lowest BCUT2D eigenvalue weighted by Crippen LogP contribution is -2.20. The first-order valence-electron chi connectivity index (χ1n) is 8.47. The van der Waals surface area contributed by atoms with E-state index in [1.165, 1.54) is 36.6 Å². The van der Waals surface area contributed by atoms with Crippen LogP contribution in [0.3, 0.4) is 0 Å². The highest BCUT2D eigenvalue weighted by atomic mass is 19.4. The second-order valence-electron chi connectivity index (χ2n) is 6.01. The van der Waals surface area contributed by atoms with E-state index in [2.05, 4.69) is 15.4 Å². The van der Waals surface area contributed by atoms with Crippen LogP contribution in [0.5, 0.6) is 5.75 Å². The van der Waals surface area contributed by atoms with E-state index in [-0.39, 0.29) is 22.8 Å². The number of nitrogens with one attached hydrogen (secondary N) is 2. The number of furan rings is 1. The van der Waals surface area contributed by atoms with Gasteiger partial charge in [0.2, 0.25) is 0 Å². The number of carbonyl (C=O) groups excluding carboxylic acids is 2. The van der Waals surface area contributed by atoms with Gasteiger partial charge in [0, 0.05) is 17.3 Å². The van der Waals surface area contributed by atoms with Gasteiger partial charge in [0.15, 0.2) is 12.4 Å². The van der Waals surface area contributed by atoms with E-state index in [0.29, 0.717) is 5.69 Å². The Morgan fingerprint density at radius 2 is 1.70 bits per heavy atom. The third-order valence-electron chi connectivity index (χ3n) is 3.73. The number of halogens is 4. The van der Waals surface area contributed by atoms with Gasteiger partial charge in [-0.3, -0.25) is 9.59 Å². The Kier molecular flexibility index (Phi) is 6.05. The van der Waals surface area contributed by atoms with E-state index in [0.717, 1.165) is 18.2 Å². The van der Waals surface area contributed by atoms with E-state index < -0.39 is 30.4 Å². The van der Waals surface area contributed by atoms with E-state index in [1.807, 2.05) is 0 Å². The molecule has 156 valence electrons. The van der Waals surface area contributed by atoms with Gasteiger partial charge in [-0.15, -0.1) is 0 Å². The molecule has 0 atom stereocenters. The summed E-state index contributed by atoms with van der Waals surface area (Å²) >= 11 is 0. The lowest BCUT2D eigenvalue weighted by molar-refractivity contribution is -0.153. The van der Waals surface area contributed by atoms with Crippen LogP contribution in [-0.2, 0) is 0 Å². The molecule has 6 nitrogen and oxygen atoms in total. The zero-order chi connectivity index (χ0) is 21.7. The maximum atomic E-state index is 13.5. The van der Waals surface area contributed by atoms with Crippen molar-refractivity contribution in [3.8, 4) is 5.75 Å². The third kappa shape index (κ3) is 5.60. The molecule has 0 aliphatic carbocycles. The minimum absolute atomic E-state index is 0.106. The highest BCUT2D eigenvalue weighted by molar-refractivity contribution is 6.06. The molecule has 0 aliphatic heterocycles. The van der Waals surface area contributed by atoms with Crippen molar-refractivity contribution in [3.05, 3.63) is 78.0 Å². The van der Waals surface area contributed by atoms with Gasteiger partial charge >= 0.3 is 6.18 Å². The van der Waals surface area contributed by atoms with Gasteiger partial charge in [-0.05, 0) is 48.5 Å². The molecule has 0 unspecified atom stereocenters. The first-order valence-corrected chi connectivity index (χ1v) is 8.47. The summed E-state index contributed by atoms with van der Waals surface area (Å²) < 4.78 is 60.2. The predicted molar refractivity (Wildman–Crippen MR) is 99.0 cm³/mol. The van der Waals surface area contributed by atoms with Gasteiger partial charge in [-0.2, -0.15) is 13.2 Å². The molecule has 0 fully saturated rings. The molecular formula is C20H14F4N2O4. The summed E-state index contributed by atoms with van der Waals surface area (Å²) in [4.78, 5) is 24.3. The second kappa shape index (κ2) is 8.68. The summed E-state index contributed by atoms with van der Waals surface area (Å²) in [5.74, 6) is -2.18. The van der Waals surface area contributed by atoms with Gasteiger partial charge in [0.25, 0.3) is 11.8 Å². The van der Waals surface area contributed by atoms with Crippen molar-refractivity contribution in [1.82, 2.24) is 0 Å². The standard InChI is InChI=1S/C20H14F4N2O4/c21-13-5-8-16(30-11-20(22,23)24)15(10-13)26-18(27)12-3-6-14(7-4-12)25-19(28)17-2-1-9-29-17/h1-10H,11H2,(H,25,28)(H,26,27). The van der Waals surface area contributed by atoms with Crippen LogP contribution in [0.15, 0.2) is 65.3 Å². The quantitative estimate of drug-likeness (QED) is 0.556. The van der Waals surface area contributed by atoms with Gasteiger partial charge in [-0.1, -0.05) is 0 Å². The number of hydrogen-bond donors (Lipinski definition) is 2. The molecule has 2 amide bonds. The fourth-order valence-corrected chi connectivity index (χ4v) is 2.39. The smallest absolute Gasteiger partial charge is 0.422 e. The van der Waals surface area contributed by atoms with Crippen molar-refractivity contribution in [2.24, 2.45) is 0 Å². The topological polar surface area (TPSA) is 80.6 Å². The Hall–Kier alpha value is -3.82. The van der Waals surface area contributed by atoms with E-state index in [1.54, 1.807) is 6.07 Å². The molecule has 0 saturated heterocycles. The molecule has 30 heavy (non-hydrogen) atoms. The van der Waals surface area contributed by atoms with Crippen molar-refractivity contribution >= 4 is 23.2 Å². The van der Waals surface area contributed by atoms with Gasteiger partial charge in [-0.25, -0.2) is 4.39 Å². The Labute approximate surface area is 167 Å². The number of ether oxygens (including phenoxy) is 1. The SMILES string of the molecule is O=C(Nc1cc(F)ccc1OCC(F)(F)F)c1ccc(NC(=O)c2ccco2)cc1. The minimum Gasteiger partial charge on any atom is -0.482 e. The molecule has 1 aromatic heterocycles. The van der Waals surface area contributed by atoms with Crippen LogP contribution in [0.25, 0.3) is 0 Å². The van der Waals surface area contributed by atoms with Crippen LogP contribution in [0, 0.1) is 5.82 Å². The lowest BCUT2D eigenvalue weighted by atomic mass is 10.2. The predicted octanol–water partition coefficient (Wildman–Crippen LogP) is 4.86. The summed E-state index contributed by atoms with van der Waals surface area (Å²) in [5.41, 5.74) is 0.254. The lowest BCUT2D eigenvalue weighted by Gasteiger charge is -2.14. The molecule has 1 heterocycles. The minimum atomic E-state index is -4.59. The highest BCUT2D eigenvalue weighted by Crippen LogP contribution is 2.28. The summed E-state index contributed by atoms with van der Waals surface area (Å²) in [6, 6.07) is 11.4. The molecule has 3 aromatic rings. The van der Waals surface area contributed by atoms with Crippen LogP contribution in [0.4, 0.5) is 28.9 Å². The molecule has 2 N–H and O–H groups in total. The first-order chi connectivity index (χ1) is 14.2. The van der Waals surface area contributed by atoms with Crippen molar-refractivity contribution in [3.63, 3.8) is 0 Å². The van der Waals surface area contributed by atoms with E-state index >= 15 is 0 Å². The molecule has 10 heteroatoms. The highest BCUT2D eigenvalue weighted by Gasteiger charge is 2.29. The second-order valence-corrected chi connectivity index (χ2v) is 6.01. The fraction of sp³-hybridized carbons (Fsp3) is 0.100. The van der Waals surface area contributed by atoms with Crippen molar-refractivity contribution in [1.29, 1.82) is 0 Å². The van der Waals surface area contributed by atoms with Crippen LogP contribution in [0.2, 0.25) is 0 Å². The summed E-state index contributed by atoms with van der Waals surface area (Å²) in [6.45, 7) is -1.59. The molecule has 0 aliphatic rings. The molecule has 2 aromatic carbocycles. The van der Waals surface area contributed by atoms with Crippen LogP contribution in [-0.4, -0.2) is 24.6 Å². The van der Waals surface area contributed by atoms with Crippen molar-refractivity contribution < 1.29 is 36.3 Å². The average molecular weight is 422 g/mol. The number of carbonyl (C=O) groups is 2. The average Bonchev–Trinajstić information content (AvgIpc) is 3.22. The Balaban J connectivity index is 1.68. The summed E-state index contributed by atoms with van der Waals surface area (Å²) in [7, 11) is 0. The Bertz CT molecular complexity index is 1030. The van der Waals surface area contributed by atoms with Crippen molar-refractivity contribution in [2.45, 2.75) is 6.18 Å². The van der Waals surface area contributed by atoms with Gasteiger partial charge in [0.1, 0.15) is 11.6 Å². The Morgan fingerprint density at radius 1 is 0.967 bits per heavy atom. The zero-order valence-electron chi connectivity index (χ0n) is 15.1. The number of amides is 2. The van der Waals surface area contributed by atoms with Gasteiger partial charge in [0.05, 0.1) is 12.0 Å². The maximum Gasteiger partial charge on any atom is 0.422 e.